The van der Waals surface area contributed by atoms with Crippen LogP contribution in [-0.2, 0) is 11.3 Å². The van der Waals surface area contributed by atoms with Gasteiger partial charge in [0.25, 0.3) is 0 Å². The van der Waals surface area contributed by atoms with Gasteiger partial charge >= 0.3 is 0 Å². The smallest absolute Gasteiger partial charge is 0.234 e. The van der Waals surface area contributed by atoms with Crippen LogP contribution in [0, 0.1) is 0 Å². The molecule has 2 N–H and O–H groups in total. The maximum atomic E-state index is 12.2. The predicted molar refractivity (Wildman–Crippen MR) is 111 cm³/mol. The fourth-order valence-electron chi connectivity index (χ4n) is 3.51. The summed E-state index contributed by atoms with van der Waals surface area (Å²) in [6, 6.07) is 20.3. The van der Waals surface area contributed by atoms with Crippen LogP contribution in [0.3, 0.4) is 0 Å². The average Bonchev–Trinajstić information content (AvgIpc) is 3.21. The first-order chi connectivity index (χ1) is 13.3. The Morgan fingerprint density at radius 3 is 2.59 bits per heavy atom. The lowest BCUT2D eigenvalue weighted by atomic mass is 10.2. The summed E-state index contributed by atoms with van der Waals surface area (Å²) in [5, 5.41) is 4.96. The highest BCUT2D eigenvalue weighted by atomic mass is 32.2. The summed E-state index contributed by atoms with van der Waals surface area (Å²) in [6.45, 7) is 3.63. The van der Waals surface area contributed by atoms with Crippen LogP contribution in [-0.4, -0.2) is 29.7 Å². The highest BCUT2D eigenvalue weighted by molar-refractivity contribution is 7.99. The van der Waals surface area contributed by atoms with Gasteiger partial charge in [-0.05, 0) is 24.3 Å². The van der Waals surface area contributed by atoms with Gasteiger partial charge in [-0.3, -0.25) is 4.79 Å². The minimum absolute atomic E-state index is 0.00660. The number of para-hydroxylation sites is 1. The Labute approximate surface area is 164 Å². The van der Waals surface area contributed by atoms with Crippen molar-refractivity contribution in [3.63, 3.8) is 0 Å². The van der Waals surface area contributed by atoms with E-state index in [0.717, 1.165) is 28.2 Å². The number of hydrogen-bond donors (Lipinski definition) is 2. The van der Waals surface area contributed by atoms with Gasteiger partial charge in [-0.15, -0.1) is 0 Å². The molecule has 0 atom stereocenters. The molecule has 2 heterocycles. The van der Waals surface area contributed by atoms with Gasteiger partial charge in [0, 0.05) is 29.5 Å². The van der Waals surface area contributed by atoms with E-state index in [2.05, 4.69) is 22.4 Å². The Balaban J connectivity index is 1.29. The molecule has 5 heteroatoms. The molecular weight excluding hydrogens is 354 g/mol. The van der Waals surface area contributed by atoms with E-state index in [-0.39, 0.29) is 5.91 Å². The van der Waals surface area contributed by atoms with E-state index in [1.165, 1.54) is 43.3 Å². The zero-order valence-corrected chi connectivity index (χ0v) is 16.1. The van der Waals surface area contributed by atoms with Crippen molar-refractivity contribution in [3.8, 4) is 0 Å². The number of pyridine rings is 1. The molecule has 0 bridgehead atoms. The first-order valence-electron chi connectivity index (χ1n) is 9.47. The zero-order chi connectivity index (χ0) is 18.5. The van der Waals surface area contributed by atoms with Crippen molar-refractivity contribution in [3.05, 3.63) is 66.2 Å². The number of quaternary nitrogens is 1. The van der Waals surface area contributed by atoms with Crippen molar-refractivity contribution in [2.24, 2.45) is 0 Å². The Morgan fingerprint density at radius 2 is 1.78 bits per heavy atom. The molecule has 1 aliphatic rings. The molecule has 0 saturated carbocycles. The van der Waals surface area contributed by atoms with Crippen molar-refractivity contribution < 1.29 is 9.69 Å². The number of thioether (sulfide) groups is 1. The van der Waals surface area contributed by atoms with Crippen LogP contribution in [0.25, 0.3) is 10.9 Å². The summed E-state index contributed by atoms with van der Waals surface area (Å²) in [5.41, 5.74) is 3.14. The first kappa shape index (κ1) is 18.0. The van der Waals surface area contributed by atoms with Crippen LogP contribution >= 0.6 is 11.8 Å². The Bertz CT molecular complexity index is 920. The number of likely N-dealkylation sites (tertiary alicyclic amines) is 1. The van der Waals surface area contributed by atoms with Gasteiger partial charge in [0.1, 0.15) is 6.54 Å². The lowest BCUT2D eigenvalue weighted by Crippen LogP contribution is -3.08. The number of hydrogen-bond acceptors (Lipinski definition) is 3. The number of nitrogens with one attached hydrogen (secondary N) is 2. The largest absolute Gasteiger partial charge is 0.331 e. The molecule has 1 saturated heterocycles. The SMILES string of the molecule is O=C(CSc1ccc2ccccc2n1)Nc1ccc(C[NH+]2CCCC2)cc1. The van der Waals surface area contributed by atoms with Gasteiger partial charge in [0.15, 0.2) is 0 Å². The van der Waals surface area contributed by atoms with E-state index in [9.17, 15) is 4.79 Å². The molecule has 4 nitrogen and oxygen atoms in total. The lowest BCUT2D eigenvalue weighted by molar-refractivity contribution is -0.901. The van der Waals surface area contributed by atoms with Gasteiger partial charge < -0.3 is 10.2 Å². The molecule has 0 spiro atoms. The molecule has 27 heavy (non-hydrogen) atoms. The maximum absolute atomic E-state index is 12.2. The predicted octanol–water partition coefficient (Wildman–Crippen LogP) is 3.14. The number of benzene rings is 2. The maximum Gasteiger partial charge on any atom is 0.234 e. The molecule has 1 fully saturated rings. The van der Waals surface area contributed by atoms with E-state index < -0.39 is 0 Å². The number of amides is 1. The third-order valence-corrected chi connectivity index (χ3v) is 5.86. The van der Waals surface area contributed by atoms with E-state index >= 15 is 0 Å². The van der Waals surface area contributed by atoms with Crippen LogP contribution in [0.1, 0.15) is 18.4 Å². The zero-order valence-electron chi connectivity index (χ0n) is 15.3. The van der Waals surface area contributed by atoms with Crippen LogP contribution in [0.4, 0.5) is 5.69 Å². The van der Waals surface area contributed by atoms with Crippen molar-refractivity contribution in [2.75, 3.05) is 24.2 Å². The molecule has 1 aliphatic heterocycles. The number of rotatable bonds is 6. The van der Waals surface area contributed by atoms with Gasteiger partial charge in [0.2, 0.25) is 5.91 Å². The van der Waals surface area contributed by atoms with Crippen molar-refractivity contribution in [1.82, 2.24) is 4.98 Å². The van der Waals surface area contributed by atoms with Crippen molar-refractivity contribution in [2.45, 2.75) is 24.4 Å². The normalized spacial score (nSPS) is 14.5. The third-order valence-electron chi connectivity index (χ3n) is 4.93. The summed E-state index contributed by atoms with van der Waals surface area (Å²) in [5.74, 6) is 0.346. The molecule has 2 aromatic carbocycles. The number of carbonyl (C=O) groups is 1. The number of anilines is 1. The summed E-state index contributed by atoms with van der Waals surface area (Å²) < 4.78 is 0. The molecule has 1 amide bonds. The van der Waals surface area contributed by atoms with Crippen molar-refractivity contribution in [1.29, 1.82) is 0 Å². The molecular formula is C22H24N3OS+. The Kier molecular flexibility index (Phi) is 5.70. The van der Waals surface area contributed by atoms with Gasteiger partial charge in [-0.1, -0.05) is 48.2 Å². The number of aromatic nitrogens is 1. The van der Waals surface area contributed by atoms with E-state index in [1.54, 1.807) is 4.90 Å². The molecule has 138 valence electrons. The Hall–Kier alpha value is -2.37. The topological polar surface area (TPSA) is 46.4 Å². The highest BCUT2D eigenvalue weighted by Gasteiger charge is 2.15. The molecule has 0 radical (unpaired) electrons. The van der Waals surface area contributed by atoms with E-state index in [0.29, 0.717) is 5.75 Å². The quantitative estimate of drug-likeness (QED) is 0.648. The first-order valence-corrected chi connectivity index (χ1v) is 10.5. The van der Waals surface area contributed by atoms with Crippen LogP contribution < -0.4 is 10.2 Å². The van der Waals surface area contributed by atoms with Gasteiger partial charge in [-0.25, -0.2) is 4.98 Å². The molecule has 1 aromatic heterocycles. The summed E-state index contributed by atoms with van der Waals surface area (Å²) in [6.07, 6.45) is 2.68. The van der Waals surface area contributed by atoms with Gasteiger partial charge in [0.05, 0.1) is 29.4 Å². The fraction of sp³-hybridized carbons (Fsp3) is 0.273. The van der Waals surface area contributed by atoms with Gasteiger partial charge in [-0.2, -0.15) is 0 Å². The van der Waals surface area contributed by atoms with E-state index in [1.807, 2.05) is 48.5 Å². The second-order valence-electron chi connectivity index (χ2n) is 7.01. The number of fused-ring (bicyclic) bond motifs is 1. The summed E-state index contributed by atoms with van der Waals surface area (Å²) in [7, 11) is 0. The van der Waals surface area contributed by atoms with Crippen molar-refractivity contribution >= 4 is 34.3 Å². The Morgan fingerprint density at radius 1 is 1.00 bits per heavy atom. The minimum atomic E-state index is -0.00660. The average molecular weight is 379 g/mol. The summed E-state index contributed by atoms with van der Waals surface area (Å²) >= 11 is 1.46. The highest BCUT2D eigenvalue weighted by Crippen LogP contribution is 2.20. The monoisotopic (exact) mass is 378 g/mol. The van der Waals surface area contributed by atoms with Crippen LogP contribution in [0.2, 0.25) is 0 Å². The second kappa shape index (κ2) is 8.55. The molecule has 4 rings (SSSR count). The molecule has 0 unspecified atom stereocenters. The van der Waals surface area contributed by atoms with Crippen LogP contribution in [0.5, 0.6) is 0 Å². The minimum Gasteiger partial charge on any atom is -0.331 e. The summed E-state index contributed by atoms with van der Waals surface area (Å²) in [4.78, 5) is 18.5. The third kappa shape index (κ3) is 4.87. The number of carbonyl (C=O) groups excluding carboxylic acids is 1. The fourth-order valence-corrected chi connectivity index (χ4v) is 4.19. The second-order valence-corrected chi connectivity index (χ2v) is 8.01. The lowest BCUT2D eigenvalue weighted by Gasteiger charge is -2.12. The van der Waals surface area contributed by atoms with Crippen LogP contribution in [0.15, 0.2) is 65.7 Å². The standard InChI is InChI=1S/C22H23N3OS/c26-21(16-27-22-12-9-18-5-1-2-6-20(18)24-22)23-19-10-7-17(8-11-19)15-25-13-3-4-14-25/h1-2,5-12H,3-4,13-16H2,(H,23,26)/p+1. The number of nitrogens with zero attached hydrogens (tertiary/aromatic N) is 1. The molecule has 3 aromatic rings. The molecule has 0 aliphatic carbocycles. The van der Waals surface area contributed by atoms with E-state index in [4.69, 9.17) is 0 Å².